The van der Waals surface area contributed by atoms with Crippen LogP contribution in [0.1, 0.15) is 5.56 Å². The fourth-order valence-corrected chi connectivity index (χ4v) is 2.72. The second-order valence-electron chi connectivity index (χ2n) is 4.70. The van der Waals surface area contributed by atoms with Crippen LogP contribution < -0.4 is 0 Å². The molecule has 3 rings (SSSR count). The van der Waals surface area contributed by atoms with E-state index in [1.165, 1.54) is 22.3 Å². The van der Waals surface area contributed by atoms with Crippen molar-refractivity contribution in [3.63, 3.8) is 0 Å². The topological polar surface area (TPSA) is 0 Å². The molecular weight excluding hydrogens is 264 g/mol. The molecule has 3 aromatic carbocycles. The van der Waals surface area contributed by atoms with Gasteiger partial charge in [0.1, 0.15) is 0 Å². The highest BCUT2D eigenvalue weighted by molar-refractivity contribution is 6.17. The van der Waals surface area contributed by atoms with Crippen LogP contribution in [0.15, 0.2) is 78.9 Å². The molecule has 0 aromatic heterocycles. The lowest BCUT2D eigenvalue weighted by atomic mass is 9.92. The van der Waals surface area contributed by atoms with Gasteiger partial charge in [-0.2, -0.15) is 0 Å². The van der Waals surface area contributed by atoms with Gasteiger partial charge in [-0.05, 0) is 27.8 Å². The summed E-state index contributed by atoms with van der Waals surface area (Å²) in [5.74, 6) is 0.527. The van der Waals surface area contributed by atoms with Crippen LogP contribution in [0.4, 0.5) is 0 Å². The molecule has 98 valence electrons. The highest BCUT2D eigenvalue weighted by Crippen LogP contribution is 2.34. The van der Waals surface area contributed by atoms with Crippen molar-refractivity contribution in [3.8, 4) is 22.3 Å². The van der Waals surface area contributed by atoms with E-state index in [4.69, 9.17) is 11.6 Å². The molecule has 0 nitrogen and oxygen atoms in total. The van der Waals surface area contributed by atoms with Crippen LogP contribution >= 0.6 is 11.6 Å². The summed E-state index contributed by atoms with van der Waals surface area (Å²) in [5.41, 5.74) is 6.08. The van der Waals surface area contributed by atoms with Crippen molar-refractivity contribution in [1.82, 2.24) is 0 Å². The summed E-state index contributed by atoms with van der Waals surface area (Å²) in [6.07, 6.45) is 0. The van der Waals surface area contributed by atoms with Crippen LogP contribution in [-0.2, 0) is 5.88 Å². The van der Waals surface area contributed by atoms with Gasteiger partial charge in [0.05, 0.1) is 0 Å². The Bertz CT molecular complexity index is 702. The predicted molar refractivity (Wildman–Crippen MR) is 86.9 cm³/mol. The molecule has 20 heavy (non-hydrogen) atoms. The van der Waals surface area contributed by atoms with Crippen molar-refractivity contribution in [2.24, 2.45) is 0 Å². The van der Waals surface area contributed by atoms with Crippen LogP contribution in [0, 0.1) is 0 Å². The third-order valence-corrected chi connectivity index (χ3v) is 3.75. The Morgan fingerprint density at radius 1 is 0.550 bits per heavy atom. The molecule has 0 aliphatic heterocycles. The molecule has 0 fully saturated rings. The fourth-order valence-electron chi connectivity index (χ4n) is 2.49. The lowest BCUT2D eigenvalue weighted by molar-refractivity contribution is 1.40. The highest BCUT2D eigenvalue weighted by atomic mass is 35.5. The van der Waals surface area contributed by atoms with E-state index in [0.717, 1.165) is 5.56 Å². The largest absolute Gasteiger partial charge is 0.122 e. The Hall–Kier alpha value is -2.05. The van der Waals surface area contributed by atoms with Crippen molar-refractivity contribution >= 4 is 11.6 Å². The van der Waals surface area contributed by atoms with Gasteiger partial charge in [-0.1, -0.05) is 78.9 Å². The fraction of sp³-hybridized carbons (Fsp3) is 0.0526. The molecule has 0 N–H and O–H groups in total. The molecule has 0 bridgehead atoms. The van der Waals surface area contributed by atoms with Crippen LogP contribution in [-0.4, -0.2) is 0 Å². The van der Waals surface area contributed by atoms with E-state index < -0.39 is 0 Å². The summed E-state index contributed by atoms with van der Waals surface area (Å²) in [5, 5.41) is 0. The van der Waals surface area contributed by atoms with Crippen molar-refractivity contribution in [3.05, 3.63) is 84.4 Å². The van der Waals surface area contributed by atoms with Gasteiger partial charge in [0.15, 0.2) is 0 Å². The third-order valence-electron chi connectivity index (χ3n) is 3.46. The molecule has 0 aliphatic carbocycles. The summed E-state index contributed by atoms with van der Waals surface area (Å²) >= 11 is 6.08. The minimum atomic E-state index is 0.527. The molecule has 0 saturated heterocycles. The van der Waals surface area contributed by atoms with Crippen molar-refractivity contribution < 1.29 is 0 Å². The minimum absolute atomic E-state index is 0.527. The summed E-state index contributed by atoms with van der Waals surface area (Å²) in [4.78, 5) is 0. The van der Waals surface area contributed by atoms with Gasteiger partial charge >= 0.3 is 0 Å². The quantitative estimate of drug-likeness (QED) is 0.534. The van der Waals surface area contributed by atoms with Crippen LogP contribution in [0.3, 0.4) is 0 Å². The van der Waals surface area contributed by atoms with Crippen molar-refractivity contribution in [1.29, 1.82) is 0 Å². The van der Waals surface area contributed by atoms with Gasteiger partial charge < -0.3 is 0 Å². The zero-order chi connectivity index (χ0) is 13.8. The Kier molecular flexibility index (Phi) is 3.85. The normalized spacial score (nSPS) is 10.4. The highest BCUT2D eigenvalue weighted by Gasteiger charge is 2.09. The minimum Gasteiger partial charge on any atom is -0.122 e. The molecule has 0 heterocycles. The number of benzene rings is 3. The van der Waals surface area contributed by atoms with Crippen molar-refractivity contribution in [2.75, 3.05) is 0 Å². The molecule has 1 heteroatoms. The molecule has 3 aromatic rings. The number of alkyl halides is 1. The van der Waals surface area contributed by atoms with Gasteiger partial charge in [-0.15, -0.1) is 11.6 Å². The summed E-state index contributed by atoms with van der Waals surface area (Å²) < 4.78 is 0. The van der Waals surface area contributed by atoms with E-state index in [1.807, 2.05) is 12.1 Å². The van der Waals surface area contributed by atoms with E-state index in [0.29, 0.717) is 5.88 Å². The maximum absolute atomic E-state index is 6.08. The summed E-state index contributed by atoms with van der Waals surface area (Å²) in [7, 11) is 0. The van der Waals surface area contributed by atoms with E-state index in [9.17, 15) is 0 Å². The first-order valence-electron chi connectivity index (χ1n) is 6.69. The van der Waals surface area contributed by atoms with Gasteiger partial charge in [-0.3, -0.25) is 0 Å². The molecule has 0 unspecified atom stereocenters. The maximum atomic E-state index is 6.08. The second kappa shape index (κ2) is 5.94. The predicted octanol–water partition coefficient (Wildman–Crippen LogP) is 5.76. The van der Waals surface area contributed by atoms with E-state index in [2.05, 4.69) is 66.7 Å². The first-order valence-corrected chi connectivity index (χ1v) is 7.22. The molecule has 0 atom stereocenters. The Morgan fingerprint density at radius 3 is 1.80 bits per heavy atom. The van der Waals surface area contributed by atoms with E-state index in [-0.39, 0.29) is 0 Å². The molecule has 0 saturated carbocycles. The number of hydrogen-bond acceptors (Lipinski definition) is 0. The number of rotatable bonds is 3. The van der Waals surface area contributed by atoms with Crippen LogP contribution in [0.2, 0.25) is 0 Å². The average Bonchev–Trinajstić information content (AvgIpc) is 2.55. The summed E-state index contributed by atoms with van der Waals surface area (Å²) in [6, 6.07) is 27.3. The number of halogens is 1. The smallest absolute Gasteiger partial charge is 0.0480 e. The van der Waals surface area contributed by atoms with Crippen molar-refractivity contribution in [2.45, 2.75) is 5.88 Å². The lowest BCUT2D eigenvalue weighted by Crippen LogP contribution is -1.89. The Balaban J connectivity index is 2.20. The molecular formula is C19H15Cl. The second-order valence-corrected chi connectivity index (χ2v) is 4.97. The van der Waals surface area contributed by atoms with Crippen LogP contribution in [0.5, 0.6) is 0 Å². The van der Waals surface area contributed by atoms with Gasteiger partial charge in [0.25, 0.3) is 0 Å². The van der Waals surface area contributed by atoms with Gasteiger partial charge in [-0.25, -0.2) is 0 Å². The zero-order valence-electron chi connectivity index (χ0n) is 11.1. The SMILES string of the molecule is ClCc1ccccc1-c1ccccc1-c1ccccc1. The maximum Gasteiger partial charge on any atom is 0.0480 e. The third kappa shape index (κ3) is 2.48. The Labute approximate surface area is 124 Å². The molecule has 0 aliphatic rings. The average molecular weight is 279 g/mol. The molecule has 0 radical (unpaired) electrons. The standard InChI is InChI=1S/C19H15Cl/c20-14-16-10-4-5-12-18(16)19-13-7-6-11-17(19)15-8-2-1-3-9-15/h1-13H,14H2. The Morgan fingerprint density at radius 2 is 1.10 bits per heavy atom. The first kappa shape index (κ1) is 13.0. The summed E-state index contributed by atoms with van der Waals surface area (Å²) in [6.45, 7) is 0. The van der Waals surface area contributed by atoms with E-state index >= 15 is 0 Å². The lowest BCUT2D eigenvalue weighted by Gasteiger charge is -2.13. The van der Waals surface area contributed by atoms with Gasteiger partial charge in [0, 0.05) is 5.88 Å². The monoisotopic (exact) mass is 278 g/mol. The van der Waals surface area contributed by atoms with Crippen LogP contribution in [0.25, 0.3) is 22.3 Å². The zero-order valence-corrected chi connectivity index (χ0v) is 11.8. The molecule has 0 spiro atoms. The number of hydrogen-bond donors (Lipinski definition) is 0. The van der Waals surface area contributed by atoms with E-state index in [1.54, 1.807) is 0 Å². The first-order chi connectivity index (χ1) is 9.90. The molecule has 0 amide bonds. The van der Waals surface area contributed by atoms with Gasteiger partial charge in [0.2, 0.25) is 0 Å².